The molecule has 1 heterocycles. The average molecular weight is 648 g/mol. The third kappa shape index (κ3) is 4.90. The van der Waals surface area contributed by atoms with Crippen molar-refractivity contribution in [2.24, 2.45) is 0 Å². The molecule has 0 amide bonds. The standard InChI is InChI=1S/C47H37NS/c1-30-25-31(2)46-41-28-34(20-24-42(41)47(3,4)43(46)26-30)33-11-10-14-38(27-33)48(36-12-6-5-7-13-36)37-21-17-32(18-22-37)35-19-23-40-39-15-8-9-16-44(39)49-45(40)29-35/h5-29H,1-4H3. The molecule has 1 aliphatic rings. The molecule has 9 rings (SSSR count). The molecule has 0 fully saturated rings. The highest BCUT2D eigenvalue weighted by Gasteiger charge is 2.36. The van der Waals surface area contributed by atoms with E-state index >= 15 is 0 Å². The smallest absolute Gasteiger partial charge is 0.0467 e. The summed E-state index contributed by atoms with van der Waals surface area (Å²) >= 11 is 1.87. The molecule has 1 nitrogen and oxygen atoms in total. The second-order valence-electron chi connectivity index (χ2n) is 14.0. The van der Waals surface area contributed by atoms with E-state index in [9.17, 15) is 0 Å². The van der Waals surface area contributed by atoms with Gasteiger partial charge in [0.2, 0.25) is 0 Å². The van der Waals surface area contributed by atoms with Crippen LogP contribution >= 0.6 is 11.3 Å². The molecule has 0 spiro atoms. The number of hydrogen-bond acceptors (Lipinski definition) is 2. The Morgan fingerprint density at radius 3 is 1.96 bits per heavy atom. The van der Waals surface area contributed by atoms with Gasteiger partial charge in [-0.15, -0.1) is 11.3 Å². The molecule has 0 bridgehead atoms. The maximum Gasteiger partial charge on any atom is 0.0467 e. The Kier molecular flexibility index (Phi) is 6.86. The number of para-hydroxylation sites is 1. The molecular formula is C47H37NS. The molecule has 0 aliphatic heterocycles. The number of aryl methyl sites for hydroxylation is 2. The number of anilines is 3. The largest absolute Gasteiger partial charge is 0.310 e. The van der Waals surface area contributed by atoms with Gasteiger partial charge in [-0.1, -0.05) is 116 Å². The molecular weight excluding hydrogens is 611 g/mol. The first kappa shape index (κ1) is 29.7. The van der Waals surface area contributed by atoms with Gasteiger partial charge < -0.3 is 4.90 Å². The minimum Gasteiger partial charge on any atom is -0.310 e. The van der Waals surface area contributed by atoms with Crippen molar-refractivity contribution < 1.29 is 0 Å². The zero-order valence-electron chi connectivity index (χ0n) is 28.3. The summed E-state index contributed by atoms with van der Waals surface area (Å²) in [4.78, 5) is 2.36. The van der Waals surface area contributed by atoms with Crippen molar-refractivity contribution in [1.82, 2.24) is 0 Å². The lowest BCUT2D eigenvalue weighted by molar-refractivity contribution is 0.659. The maximum absolute atomic E-state index is 2.42. The second kappa shape index (κ2) is 11.3. The zero-order chi connectivity index (χ0) is 33.3. The highest BCUT2D eigenvalue weighted by Crippen LogP contribution is 2.51. The van der Waals surface area contributed by atoms with E-state index in [1.807, 2.05) is 11.3 Å². The van der Waals surface area contributed by atoms with Crippen molar-refractivity contribution in [3.63, 3.8) is 0 Å². The van der Waals surface area contributed by atoms with E-state index in [1.54, 1.807) is 0 Å². The summed E-state index contributed by atoms with van der Waals surface area (Å²) in [5.41, 5.74) is 16.6. The van der Waals surface area contributed by atoms with E-state index in [2.05, 4.69) is 184 Å². The van der Waals surface area contributed by atoms with E-state index in [4.69, 9.17) is 0 Å². The molecule has 0 saturated carbocycles. The van der Waals surface area contributed by atoms with Crippen LogP contribution in [0.4, 0.5) is 17.1 Å². The first-order valence-electron chi connectivity index (χ1n) is 17.1. The van der Waals surface area contributed by atoms with Crippen LogP contribution in [0.1, 0.15) is 36.1 Å². The third-order valence-corrected chi connectivity index (χ3v) is 11.5. The van der Waals surface area contributed by atoms with Gasteiger partial charge in [0.25, 0.3) is 0 Å². The minimum absolute atomic E-state index is 0.0122. The summed E-state index contributed by atoms with van der Waals surface area (Å²) in [6.45, 7) is 9.20. The molecule has 8 aromatic rings. The lowest BCUT2D eigenvalue weighted by atomic mass is 9.81. The van der Waals surface area contributed by atoms with Crippen LogP contribution < -0.4 is 4.90 Å². The van der Waals surface area contributed by atoms with Crippen LogP contribution in [0.15, 0.2) is 152 Å². The van der Waals surface area contributed by atoms with Crippen molar-refractivity contribution >= 4 is 48.6 Å². The Bertz CT molecular complexity index is 2540. The van der Waals surface area contributed by atoms with Gasteiger partial charge >= 0.3 is 0 Å². The number of nitrogens with zero attached hydrogens (tertiary/aromatic N) is 1. The number of rotatable bonds is 5. The van der Waals surface area contributed by atoms with Gasteiger partial charge in [0, 0.05) is 42.6 Å². The molecule has 1 aromatic heterocycles. The third-order valence-electron chi connectivity index (χ3n) is 10.4. The number of hydrogen-bond donors (Lipinski definition) is 0. The van der Waals surface area contributed by atoms with Gasteiger partial charge in [-0.3, -0.25) is 0 Å². The summed E-state index contributed by atoms with van der Waals surface area (Å²) in [6.07, 6.45) is 0. The van der Waals surface area contributed by atoms with Gasteiger partial charge in [-0.25, -0.2) is 0 Å². The Morgan fingerprint density at radius 1 is 0.469 bits per heavy atom. The number of benzene rings is 7. The second-order valence-corrected chi connectivity index (χ2v) is 15.1. The highest BCUT2D eigenvalue weighted by atomic mass is 32.1. The quantitative estimate of drug-likeness (QED) is 0.180. The summed E-state index contributed by atoms with van der Waals surface area (Å²) in [5.74, 6) is 0. The Hall–Kier alpha value is -5.44. The van der Waals surface area contributed by atoms with Crippen LogP contribution in [-0.2, 0) is 5.41 Å². The van der Waals surface area contributed by atoms with Crippen LogP contribution in [0.2, 0.25) is 0 Å². The molecule has 2 heteroatoms. The van der Waals surface area contributed by atoms with Crippen LogP contribution in [0.25, 0.3) is 53.6 Å². The monoisotopic (exact) mass is 647 g/mol. The van der Waals surface area contributed by atoms with E-state index in [1.165, 1.54) is 75.8 Å². The zero-order valence-corrected chi connectivity index (χ0v) is 29.1. The molecule has 1 aliphatic carbocycles. The molecule has 0 unspecified atom stereocenters. The number of thiophene rings is 1. The predicted molar refractivity (Wildman–Crippen MR) is 212 cm³/mol. The van der Waals surface area contributed by atoms with Crippen molar-refractivity contribution in [3.8, 4) is 33.4 Å². The fourth-order valence-corrected chi connectivity index (χ4v) is 9.14. The summed E-state index contributed by atoms with van der Waals surface area (Å²) < 4.78 is 2.67. The molecule has 0 radical (unpaired) electrons. The Balaban J connectivity index is 1.10. The number of fused-ring (bicyclic) bond motifs is 6. The lowest BCUT2D eigenvalue weighted by Gasteiger charge is -2.26. The van der Waals surface area contributed by atoms with Crippen LogP contribution in [0, 0.1) is 13.8 Å². The minimum atomic E-state index is -0.0122. The summed E-state index contributed by atoms with van der Waals surface area (Å²) in [6, 6.07) is 56.1. The van der Waals surface area contributed by atoms with Crippen LogP contribution in [-0.4, -0.2) is 0 Å². The van der Waals surface area contributed by atoms with Gasteiger partial charge in [0.1, 0.15) is 0 Å². The summed E-state index contributed by atoms with van der Waals surface area (Å²) in [7, 11) is 0. The first-order valence-corrected chi connectivity index (χ1v) is 17.9. The predicted octanol–water partition coefficient (Wildman–Crippen LogP) is 13.8. The SMILES string of the molecule is Cc1cc(C)c2c(c1)C(C)(C)c1ccc(-c3cccc(N(c4ccccc4)c4ccc(-c5ccc6c(c5)sc5ccccc56)cc4)c3)cc1-2. The van der Waals surface area contributed by atoms with Crippen LogP contribution in [0.3, 0.4) is 0 Å². The van der Waals surface area contributed by atoms with E-state index in [0.717, 1.165) is 17.1 Å². The van der Waals surface area contributed by atoms with Crippen molar-refractivity contribution in [2.75, 3.05) is 4.90 Å². The first-order chi connectivity index (χ1) is 23.8. The van der Waals surface area contributed by atoms with Crippen molar-refractivity contribution in [3.05, 3.63) is 174 Å². The maximum atomic E-state index is 2.42. The molecule has 0 atom stereocenters. The van der Waals surface area contributed by atoms with E-state index < -0.39 is 0 Å². The normalized spacial score (nSPS) is 13.1. The Morgan fingerprint density at radius 2 is 1.12 bits per heavy atom. The summed E-state index contributed by atoms with van der Waals surface area (Å²) in [5, 5.41) is 2.67. The van der Waals surface area contributed by atoms with Crippen molar-refractivity contribution in [2.45, 2.75) is 33.1 Å². The van der Waals surface area contributed by atoms with E-state index in [0.29, 0.717) is 0 Å². The van der Waals surface area contributed by atoms with E-state index in [-0.39, 0.29) is 5.41 Å². The van der Waals surface area contributed by atoms with Crippen LogP contribution in [0.5, 0.6) is 0 Å². The molecule has 49 heavy (non-hydrogen) atoms. The molecule has 0 saturated heterocycles. The van der Waals surface area contributed by atoms with Gasteiger partial charge in [0.15, 0.2) is 0 Å². The van der Waals surface area contributed by atoms with Crippen molar-refractivity contribution in [1.29, 1.82) is 0 Å². The van der Waals surface area contributed by atoms with Gasteiger partial charge in [0.05, 0.1) is 0 Å². The highest BCUT2D eigenvalue weighted by molar-refractivity contribution is 7.25. The molecule has 7 aromatic carbocycles. The molecule has 0 N–H and O–H groups in total. The lowest BCUT2D eigenvalue weighted by Crippen LogP contribution is -2.15. The fraction of sp³-hybridized carbons (Fsp3) is 0.106. The fourth-order valence-electron chi connectivity index (χ4n) is 8.00. The topological polar surface area (TPSA) is 3.24 Å². The average Bonchev–Trinajstić information content (AvgIpc) is 3.60. The van der Waals surface area contributed by atoms with Gasteiger partial charge in [-0.2, -0.15) is 0 Å². The molecule has 236 valence electrons. The Labute approximate surface area is 292 Å². The van der Waals surface area contributed by atoms with Gasteiger partial charge in [-0.05, 0) is 119 Å².